The van der Waals surface area contributed by atoms with Gasteiger partial charge in [-0.25, -0.2) is 0 Å². The summed E-state index contributed by atoms with van der Waals surface area (Å²) < 4.78 is 37.6. The second kappa shape index (κ2) is 5.54. The second-order valence-corrected chi connectivity index (χ2v) is 4.35. The number of carbonyl (C=O) groups is 1. The first-order chi connectivity index (χ1) is 9.36. The van der Waals surface area contributed by atoms with Crippen molar-refractivity contribution in [2.24, 2.45) is 0 Å². The maximum absolute atomic E-state index is 12.1. The fraction of sp³-hybridized carbons (Fsp3) is 0.167. The smallest absolute Gasteiger partial charge is 0.301 e. The zero-order valence-electron chi connectivity index (χ0n) is 9.99. The SMILES string of the molecule is O=C(Nc1ccn(Cc2ccccc2Cl)n1)C(F)(F)F. The van der Waals surface area contributed by atoms with E-state index < -0.39 is 12.1 Å². The minimum Gasteiger partial charge on any atom is -0.301 e. The van der Waals surface area contributed by atoms with Gasteiger partial charge in [0.15, 0.2) is 5.82 Å². The van der Waals surface area contributed by atoms with E-state index in [1.165, 1.54) is 16.9 Å². The molecule has 0 aliphatic heterocycles. The molecule has 2 rings (SSSR count). The molecule has 0 aliphatic carbocycles. The van der Waals surface area contributed by atoms with Gasteiger partial charge in [-0.2, -0.15) is 18.3 Å². The molecular weight excluding hydrogens is 295 g/mol. The molecule has 0 radical (unpaired) electrons. The minimum absolute atomic E-state index is 0.167. The van der Waals surface area contributed by atoms with Crippen molar-refractivity contribution in [3.05, 3.63) is 47.1 Å². The van der Waals surface area contributed by atoms with Crippen molar-refractivity contribution in [3.63, 3.8) is 0 Å². The third-order valence-electron chi connectivity index (χ3n) is 2.43. The molecule has 0 atom stereocenters. The number of alkyl halides is 3. The van der Waals surface area contributed by atoms with Crippen LogP contribution in [0.15, 0.2) is 36.5 Å². The quantitative estimate of drug-likeness (QED) is 0.947. The average Bonchev–Trinajstić information content (AvgIpc) is 2.78. The van der Waals surface area contributed by atoms with Gasteiger partial charge in [0, 0.05) is 17.3 Å². The topological polar surface area (TPSA) is 46.9 Å². The summed E-state index contributed by atoms with van der Waals surface area (Å²) in [6.45, 7) is 0.293. The molecule has 0 bridgehead atoms. The number of hydrogen-bond acceptors (Lipinski definition) is 2. The van der Waals surface area contributed by atoms with E-state index in [4.69, 9.17) is 11.6 Å². The number of nitrogens with one attached hydrogen (secondary N) is 1. The molecule has 106 valence electrons. The maximum atomic E-state index is 12.1. The molecule has 4 nitrogen and oxygen atoms in total. The number of carbonyl (C=O) groups excluding carboxylic acids is 1. The van der Waals surface area contributed by atoms with Crippen LogP contribution in [-0.2, 0) is 11.3 Å². The predicted octanol–water partition coefficient (Wildman–Crippen LogP) is 3.09. The lowest BCUT2D eigenvalue weighted by atomic mass is 10.2. The Balaban J connectivity index is 2.07. The molecule has 0 fully saturated rings. The summed E-state index contributed by atoms with van der Waals surface area (Å²) in [7, 11) is 0. The Morgan fingerprint density at radius 2 is 2.00 bits per heavy atom. The molecule has 20 heavy (non-hydrogen) atoms. The van der Waals surface area contributed by atoms with E-state index >= 15 is 0 Å². The summed E-state index contributed by atoms with van der Waals surface area (Å²) in [6.07, 6.45) is -3.48. The average molecular weight is 304 g/mol. The van der Waals surface area contributed by atoms with Gasteiger partial charge in [0.1, 0.15) is 0 Å². The highest BCUT2D eigenvalue weighted by Gasteiger charge is 2.39. The highest BCUT2D eigenvalue weighted by Crippen LogP contribution is 2.18. The van der Waals surface area contributed by atoms with Crippen LogP contribution < -0.4 is 5.32 Å². The minimum atomic E-state index is -4.94. The van der Waals surface area contributed by atoms with E-state index in [9.17, 15) is 18.0 Å². The Bertz CT molecular complexity index is 624. The summed E-state index contributed by atoms with van der Waals surface area (Å²) in [5.41, 5.74) is 0.769. The van der Waals surface area contributed by atoms with E-state index in [0.29, 0.717) is 11.6 Å². The van der Waals surface area contributed by atoms with Gasteiger partial charge in [0.25, 0.3) is 0 Å². The molecule has 2 aromatic rings. The Labute approximate surface area is 117 Å². The van der Waals surface area contributed by atoms with Gasteiger partial charge in [-0.15, -0.1) is 0 Å². The summed E-state index contributed by atoms with van der Waals surface area (Å²) in [4.78, 5) is 10.7. The van der Waals surface area contributed by atoms with Crippen LogP contribution in [0.2, 0.25) is 5.02 Å². The van der Waals surface area contributed by atoms with E-state index in [0.717, 1.165) is 5.56 Å². The molecule has 0 unspecified atom stereocenters. The van der Waals surface area contributed by atoms with Gasteiger partial charge in [0.05, 0.1) is 6.54 Å². The Hall–Kier alpha value is -2.02. The van der Waals surface area contributed by atoms with Crippen molar-refractivity contribution >= 4 is 23.3 Å². The van der Waals surface area contributed by atoms with Gasteiger partial charge in [-0.3, -0.25) is 9.48 Å². The zero-order valence-corrected chi connectivity index (χ0v) is 10.7. The Morgan fingerprint density at radius 3 is 2.65 bits per heavy atom. The summed E-state index contributed by atoms with van der Waals surface area (Å²) in [6, 6.07) is 8.31. The highest BCUT2D eigenvalue weighted by atomic mass is 35.5. The monoisotopic (exact) mass is 303 g/mol. The van der Waals surface area contributed by atoms with Crippen LogP contribution >= 0.6 is 11.6 Å². The predicted molar refractivity (Wildman–Crippen MR) is 67.5 cm³/mol. The van der Waals surface area contributed by atoms with Gasteiger partial charge in [-0.1, -0.05) is 29.8 Å². The van der Waals surface area contributed by atoms with Gasteiger partial charge in [-0.05, 0) is 11.6 Å². The van der Waals surface area contributed by atoms with E-state index in [1.807, 2.05) is 0 Å². The van der Waals surface area contributed by atoms with Crippen LogP contribution in [0.25, 0.3) is 0 Å². The van der Waals surface area contributed by atoms with Crippen molar-refractivity contribution in [1.29, 1.82) is 0 Å². The van der Waals surface area contributed by atoms with Crippen LogP contribution in [0.4, 0.5) is 19.0 Å². The van der Waals surface area contributed by atoms with Crippen molar-refractivity contribution < 1.29 is 18.0 Å². The van der Waals surface area contributed by atoms with Gasteiger partial charge >= 0.3 is 12.1 Å². The first kappa shape index (κ1) is 14.4. The van der Waals surface area contributed by atoms with Crippen LogP contribution in [0, 0.1) is 0 Å². The molecule has 0 spiro atoms. The third-order valence-corrected chi connectivity index (χ3v) is 2.80. The number of rotatable bonds is 3. The molecule has 0 saturated heterocycles. The largest absolute Gasteiger partial charge is 0.471 e. The summed E-state index contributed by atoms with van der Waals surface area (Å²) in [5, 5.41) is 6.03. The lowest BCUT2D eigenvalue weighted by molar-refractivity contribution is -0.167. The number of halogens is 4. The molecule has 0 saturated carbocycles. The number of benzene rings is 1. The molecule has 1 aromatic carbocycles. The number of nitrogens with zero attached hydrogens (tertiary/aromatic N) is 2. The standard InChI is InChI=1S/C12H9ClF3N3O/c13-9-4-2-1-3-8(9)7-19-6-5-10(18-19)17-11(20)12(14,15)16/h1-6H,7H2,(H,17,18,20). The first-order valence-electron chi connectivity index (χ1n) is 5.51. The molecule has 8 heteroatoms. The van der Waals surface area contributed by atoms with Crippen molar-refractivity contribution in [2.75, 3.05) is 5.32 Å². The van der Waals surface area contributed by atoms with E-state index in [-0.39, 0.29) is 5.82 Å². The third kappa shape index (κ3) is 3.51. The lowest BCUT2D eigenvalue weighted by Crippen LogP contribution is -2.30. The lowest BCUT2D eigenvalue weighted by Gasteiger charge is -2.06. The van der Waals surface area contributed by atoms with Gasteiger partial charge < -0.3 is 5.32 Å². The van der Waals surface area contributed by atoms with E-state index in [2.05, 4.69) is 5.10 Å². The normalized spacial score (nSPS) is 11.4. The summed E-state index contributed by atoms with van der Waals surface area (Å²) >= 11 is 5.97. The van der Waals surface area contributed by atoms with Crippen molar-refractivity contribution in [3.8, 4) is 0 Å². The van der Waals surface area contributed by atoms with Crippen molar-refractivity contribution in [2.45, 2.75) is 12.7 Å². The van der Waals surface area contributed by atoms with Crippen LogP contribution in [0.5, 0.6) is 0 Å². The molecule has 1 amide bonds. The van der Waals surface area contributed by atoms with Crippen molar-refractivity contribution in [1.82, 2.24) is 9.78 Å². The number of hydrogen-bond donors (Lipinski definition) is 1. The first-order valence-corrected chi connectivity index (χ1v) is 5.89. The van der Waals surface area contributed by atoms with Crippen LogP contribution in [0.1, 0.15) is 5.56 Å². The second-order valence-electron chi connectivity index (χ2n) is 3.94. The molecule has 1 aromatic heterocycles. The Kier molecular flexibility index (Phi) is 3.99. The molecular formula is C12H9ClF3N3O. The fourth-order valence-corrected chi connectivity index (χ4v) is 1.70. The molecule has 1 heterocycles. The fourth-order valence-electron chi connectivity index (χ4n) is 1.50. The number of aromatic nitrogens is 2. The van der Waals surface area contributed by atoms with Gasteiger partial charge in [0.2, 0.25) is 0 Å². The Morgan fingerprint density at radius 1 is 1.30 bits per heavy atom. The number of amides is 1. The highest BCUT2D eigenvalue weighted by molar-refractivity contribution is 6.31. The molecule has 0 aliphatic rings. The van der Waals surface area contributed by atoms with Crippen LogP contribution in [0.3, 0.4) is 0 Å². The number of anilines is 1. The molecule has 1 N–H and O–H groups in total. The maximum Gasteiger partial charge on any atom is 0.471 e. The van der Waals surface area contributed by atoms with Crippen LogP contribution in [-0.4, -0.2) is 21.9 Å². The summed E-state index contributed by atoms with van der Waals surface area (Å²) in [5.74, 6) is -2.22. The zero-order chi connectivity index (χ0) is 14.8. The van der Waals surface area contributed by atoms with E-state index in [1.54, 1.807) is 29.6 Å².